The summed E-state index contributed by atoms with van der Waals surface area (Å²) in [4.78, 5) is 8.56. The van der Waals surface area contributed by atoms with E-state index >= 15 is 0 Å². The smallest absolute Gasteiger partial charge is 0.218 e. The van der Waals surface area contributed by atoms with Crippen molar-refractivity contribution < 1.29 is 4.74 Å². The second kappa shape index (κ2) is 7.41. The van der Waals surface area contributed by atoms with Crippen LogP contribution in [0.25, 0.3) is 0 Å². The summed E-state index contributed by atoms with van der Waals surface area (Å²) in [5.41, 5.74) is 0. The summed E-state index contributed by atoms with van der Waals surface area (Å²) < 4.78 is 5.40. The van der Waals surface area contributed by atoms with E-state index in [1.807, 2.05) is 19.9 Å². The lowest BCUT2D eigenvalue weighted by Gasteiger charge is -2.19. The molecule has 0 spiro atoms. The fourth-order valence-corrected chi connectivity index (χ4v) is 1.98. The van der Waals surface area contributed by atoms with Gasteiger partial charge in [-0.2, -0.15) is 4.98 Å². The van der Waals surface area contributed by atoms with Gasteiger partial charge in [0.15, 0.2) is 0 Å². The van der Waals surface area contributed by atoms with Crippen molar-refractivity contribution in [2.24, 2.45) is 5.92 Å². The first kappa shape index (κ1) is 15.0. The van der Waals surface area contributed by atoms with Crippen molar-refractivity contribution >= 4 is 17.4 Å². The second-order valence-electron chi connectivity index (χ2n) is 4.70. The van der Waals surface area contributed by atoms with Crippen LogP contribution in [0.2, 0.25) is 0 Å². The molecule has 4 nitrogen and oxygen atoms in total. The van der Waals surface area contributed by atoms with Crippen LogP contribution in [0.4, 0.5) is 5.82 Å². The normalized spacial score (nSPS) is 12.6. The van der Waals surface area contributed by atoms with Crippen molar-refractivity contribution in [3.63, 3.8) is 0 Å². The minimum Gasteiger partial charge on any atom is -0.478 e. The third-order valence-electron chi connectivity index (χ3n) is 2.40. The molecule has 1 atom stereocenters. The van der Waals surface area contributed by atoms with E-state index in [0.717, 1.165) is 12.2 Å². The molecule has 1 N–H and O–H groups in total. The van der Waals surface area contributed by atoms with E-state index in [2.05, 4.69) is 29.1 Å². The van der Waals surface area contributed by atoms with Crippen LogP contribution in [0.1, 0.15) is 33.0 Å². The van der Waals surface area contributed by atoms with Crippen molar-refractivity contribution in [2.45, 2.75) is 40.2 Å². The van der Waals surface area contributed by atoms with E-state index in [4.69, 9.17) is 16.3 Å². The molecule has 0 aliphatic rings. The maximum absolute atomic E-state index is 5.97. The highest BCUT2D eigenvalue weighted by Crippen LogP contribution is 2.17. The Kier molecular flexibility index (Phi) is 6.19. The predicted octanol–water partition coefficient (Wildman–Crippen LogP) is 3.25. The van der Waals surface area contributed by atoms with Crippen LogP contribution < -0.4 is 10.1 Å². The van der Waals surface area contributed by atoms with Gasteiger partial charge in [-0.25, -0.2) is 4.98 Å². The maximum atomic E-state index is 5.97. The number of halogens is 1. The Labute approximate surface area is 114 Å². The van der Waals surface area contributed by atoms with Gasteiger partial charge >= 0.3 is 0 Å². The number of nitrogens with zero attached hydrogens (tertiary/aromatic N) is 2. The summed E-state index contributed by atoms with van der Waals surface area (Å²) in [6.07, 6.45) is 1.01. The molecule has 0 bridgehead atoms. The summed E-state index contributed by atoms with van der Waals surface area (Å²) in [5.74, 6) is 3.23. The molecule has 0 aliphatic carbocycles. The molecule has 0 saturated carbocycles. The van der Waals surface area contributed by atoms with E-state index < -0.39 is 0 Å². The van der Waals surface area contributed by atoms with E-state index in [9.17, 15) is 0 Å². The number of aromatic nitrogens is 2. The number of aryl methyl sites for hydroxylation is 1. The van der Waals surface area contributed by atoms with Gasteiger partial charge < -0.3 is 10.1 Å². The highest BCUT2D eigenvalue weighted by Gasteiger charge is 2.11. The van der Waals surface area contributed by atoms with Gasteiger partial charge in [0.25, 0.3) is 0 Å². The van der Waals surface area contributed by atoms with Crippen molar-refractivity contribution in [3.8, 4) is 5.88 Å². The van der Waals surface area contributed by atoms with E-state index in [-0.39, 0.29) is 6.04 Å². The fraction of sp³-hybridized carbons (Fsp3) is 0.692. The summed E-state index contributed by atoms with van der Waals surface area (Å²) in [5, 5.41) is 3.34. The molecular weight excluding hydrogens is 250 g/mol. The zero-order valence-corrected chi connectivity index (χ0v) is 12.3. The molecule has 1 unspecified atom stereocenters. The average Bonchev–Trinajstić information content (AvgIpc) is 2.27. The predicted molar refractivity (Wildman–Crippen MR) is 75.5 cm³/mol. The van der Waals surface area contributed by atoms with Crippen molar-refractivity contribution in [1.82, 2.24) is 9.97 Å². The molecule has 102 valence electrons. The Morgan fingerprint density at radius 2 is 2.11 bits per heavy atom. The van der Waals surface area contributed by atoms with Crippen molar-refractivity contribution in [3.05, 3.63) is 11.9 Å². The molecule has 0 saturated heterocycles. The molecule has 1 heterocycles. The summed E-state index contributed by atoms with van der Waals surface area (Å²) in [6, 6.07) is 2.03. The molecular formula is C13H22ClN3O. The van der Waals surface area contributed by atoms with Crippen LogP contribution in [0.5, 0.6) is 5.88 Å². The van der Waals surface area contributed by atoms with Gasteiger partial charge in [0.1, 0.15) is 11.6 Å². The van der Waals surface area contributed by atoms with Gasteiger partial charge in [-0.1, -0.05) is 13.8 Å². The van der Waals surface area contributed by atoms with Crippen molar-refractivity contribution in [1.29, 1.82) is 0 Å². The molecule has 0 aliphatic heterocycles. The third kappa shape index (κ3) is 5.08. The zero-order chi connectivity index (χ0) is 13.5. The molecule has 18 heavy (non-hydrogen) atoms. The molecule has 1 aromatic rings. The van der Waals surface area contributed by atoms with Gasteiger partial charge in [0.05, 0.1) is 6.61 Å². The monoisotopic (exact) mass is 271 g/mol. The molecule has 1 rings (SSSR count). The number of hydrogen-bond donors (Lipinski definition) is 1. The topological polar surface area (TPSA) is 47.0 Å². The minimum absolute atomic E-state index is 0.218. The molecule has 0 aromatic carbocycles. The Bertz CT molecular complexity index is 371. The summed E-state index contributed by atoms with van der Waals surface area (Å²) >= 11 is 5.97. The minimum atomic E-state index is 0.218. The number of anilines is 1. The summed E-state index contributed by atoms with van der Waals surface area (Å²) in [7, 11) is 0. The van der Waals surface area contributed by atoms with Gasteiger partial charge in [-0.3, -0.25) is 0 Å². The number of nitrogens with one attached hydrogen (secondary N) is 1. The third-order valence-corrected chi connectivity index (χ3v) is 2.77. The zero-order valence-electron chi connectivity index (χ0n) is 11.5. The lowest BCUT2D eigenvalue weighted by Crippen LogP contribution is -2.24. The second-order valence-corrected chi connectivity index (χ2v) is 5.01. The maximum Gasteiger partial charge on any atom is 0.218 e. The number of hydrogen-bond acceptors (Lipinski definition) is 4. The van der Waals surface area contributed by atoms with E-state index in [0.29, 0.717) is 30.1 Å². The van der Waals surface area contributed by atoms with Crippen LogP contribution in [0.3, 0.4) is 0 Å². The Morgan fingerprint density at radius 1 is 1.39 bits per heavy atom. The van der Waals surface area contributed by atoms with Gasteiger partial charge in [-0.15, -0.1) is 11.6 Å². The van der Waals surface area contributed by atoms with Crippen LogP contribution >= 0.6 is 11.6 Å². The van der Waals surface area contributed by atoms with Gasteiger partial charge in [0, 0.05) is 18.0 Å². The van der Waals surface area contributed by atoms with Crippen LogP contribution in [0.15, 0.2) is 6.07 Å². The highest BCUT2D eigenvalue weighted by molar-refractivity contribution is 6.18. The average molecular weight is 272 g/mol. The lowest BCUT2D eigenvalue weighted by atomic mass is 10.1. The number of ether oxygens (including phenoxy) is 1. The highest BCUT2D eigenvalue weighted by atomic mass is 35.5. The number of alkyl halides is 1. The Balaban J connectivity index is 2.75. The first-order valence-corrected chi connectivity index (χ1v) is 6.89. The summed E-state index contributed by atoms with van der Waals surface area (Å²) in [6.45, 7) is 8.74. The molecule has 0 radical (unpaired) electrons. The Morgan fingerprint density at radius 3 is 2.67 bits per heavy atom. The van der Waals surface area contributed by atoms with Crippen LogP contribution in [-0.4, -0.2) is 28.5 Å². The fourth-order valence-electron chi connectivity index (χ4n) is 1.77. The van der Waals surface area contributed by atoms with Crippen molar-refractivity contribution in [2.75, 3.05) is 17.8 Å². The van der Waals surface area contributed by atoms with E-state index in [1.54, 1.807) is 0 Å². The molecule has 0 fully saturated rings. The molecule has 0 amide bonds. The Hall–Kier alpha value is -1.03. The standard InChI is InChI=1S/C13H22ClN3O/c1-5-18-13-7-12(15-10(4)16-13)17-11(8-14)6-9(2)3/h7,9,11H,5-6,8H2,1-4H3,(H,15,16,17). The van der Waals surface area contributed by atoms with Crippen LogP contribution in [-0.2, 0) is 0 Å². The van der Waals surface area contributed by atoms with Crippen LogP contribution in [0, 0.1) is 12.8 Å². The number of rotatable bonds is 7. The van der Waals surface area contributed by atoms with Gasteiger partial charge in [-0.05, 0) is 26.2 Å². The molecule has 5 heteroatoms. The first-order valence-electron chi connectivity index (χ1n) is 6.36. The first-order chi connectivity index (χ1) is 8.55. The van der Waals surface area contributed by atoms with E-state index in [1.165, 1.54) is 0 Å². The lowest BCUT2D eigenvalue weighted by molar-refractivity contribution is 0.325. The largest absolute Gasteiger partial charge is 0.478 e. The van der Waals surface area contributed by atoms with Gasteiger partial charge in [0.2, 0.25) is 5.88 Å². The SMILES string of the molecule is CCOc1cc(NC(CCl)CC(C)C)nc(C)n1. The molecule has 1 aromatic heterocycles. The quantitative estimate of drug-likeness (QED) is 0.774.